The molecule has 5 heterocycles. The first-order valence-electron chi connectivity index (χ1n) is 18.3. The third-order valence-electron chi connectivity index (χ3n) is 11.2. The number of carbonyl (C=O) groups excluding carboxylic acids is 1. The third-order valence-corrected chi connectivity index (χ3v) is 11.6. The average molecular weight is 789 g/mol. The van der Waals surface area contributed by atoms with Gasteiger partial charge in [-0.2, -0.15) is 18.3 Å². The highest BCUT2D eigenvalue weighted by molar-refractivity contribution is 6.36. The molecule has 5 aromatic rings. The number of nitrogens with zero attached hydrogens (tertiary/aromatic N) is 6. The van der Waals surface area contributed by atoms with Crippen LogP contribution >= 0.6 is 11.6 Å². The summed E-state index contributed by atoms with van der Waals surface area (Å²) in [6.45, 7) is 5.07. The quantitative estimate of drug-likeness (QED) is 0.164. The maximum absolute atomic E-state index is 13.9. The van der Waals surface area contributed by atoms with E-state index in [1.165, 1.54) is 13.2 Å². The van der Waals surface area contributed by atoms with Crippen molar-refractivity contribution in [1.29, 1.82) is 0 Å². The van der Waals surface area contributed by atoms with E-state index >= 15 is 0 Å². The Labute approximate surface area is 325 Å². The highest BCUT2D eigenvalue weighted by atomic mass is 35.5. The summed E-state index contributed by atoms with van der Waals surface area (Å²) in [6, 6.07) is 13.9. The molecule has 292 valence electrons. The van der Waals surface area contributed by atoms with Gasteiger partial charge in [0.25, 0.3) is 5.56 Å². The number of anilines is 2. The Morgan fingerprint density at radius 2 is 1.82 bits per heavy atom. The molecule has 3 aliphatic rings. The summed E-state index contributed by atoms with van der Waals surface area (Å²) in [5, 5.41) is 10.6. The molecular weight excluding hydrogens is 749 g/mol. The zero-order chi connectivity index (χ0) is 39.5. The zero-order valence-electron chi connectivity index (χ0n) is 31.3. The number of alkyl halides is 3. The molecule has 0 bridgehead atoms. The number of aryl methyl sites for hydroxylation is 2. The fourth-order valence-electron chi connectivity index (χ4n) is 8.43. The second kappa shape index (κ2) is 14.4. The summed E-state index contributed by atoms with van der Waals surface area (Å²) in [7, 11) is 4.67. The van der Waals surface area contributed by atoms with E-state index < -0.39 is 17.4 Å². The van der Waals surface area contributed by atoms with Crippen molar-refractivity contribution < 1.29 is 27.4 Å². The Bertz CT molecular complexity index is 2440. The van der Waals surface area contributed by atoms with Crippen molar-refractivity contribution in [3.63, 3.8) is 0 Å². The van der Waals surface area contributed by atoms with Crippen molar-refractivity contribution >= 4 is 39.9 Å². The van der Waals surface area contributed by atoms with Crippen LogP contribution in [-0.4, -0.2) is 88.1 Å². The van der Waals surface area contributed by atoms with Crippen LogP contribution in [0, 0.1) is 6.92 Å². The number of carbonyl (C=O) groups is 1. The van der Waals surface area contributed by atoms with E-state index in [4.69, 9.17) is 26.1 Å². The molecule has 2 amide bonds. The van der Waals surface area contributed by atoms with Gasteiger partial charge in [0.15, 0.2) is 0 Å². The topological polar surface area (TPSA) is 127 Å². The van der Waals surface area contributed by atoms with E-state index in [-0.39, 0.29) is 34.2 Å². The Morgan fingerprint density at radius 3 is 2.59 bits per heavy atom. The van der Waals surface area contributed by atoms with Crippen LogP contribution in [0.15, 0.2) is 59.5 Å². The first kappa shape index (κ1) is 37.7. The molecule has 2 saturated heterocycles. The molecule has 2 aromatic carbocycles. The summed E-state index contributed by atoms with van der Waals surface area (Å²) in [4.78, 5) is 38.9. The number of hydrogen-bond acceptors (Lipinski definition) is 9. The first-order chi connectivity index (χ1) is 26.8. The third kappa shape index (κ3) is 6.60. The molecule has 0 unspecified atom stereocenters. The minimum absolute atomic E-state index is 0.0154. The number of benzene rings is 2. The van der Waals surface area contributed by atoms with Crippen LogP contribution in [0.2, 0.25) is 5.02 Å². The number of urea groups is 1. The lowest BCUT2D eigenvalue weighted by atomic mass is 9.96. The predicted molar refractivity (Wildman–Crippen MR) is 206 cm³/mol. The number of pyridine rings is 2. The number of amides is 2. The zero-order valence-corrected chi connectivity index (χ0v) is 32.0. The smallest absolute Gasteiger partial charge is 0.433 e. The highest BCUT2D eigenvalue weighted by Gasteiger charge is 2.49. The number of halogens is 4. The van der Waals surface area contributed by atoms with E-state index in [1.54, 1.807) is 26.4 Å². The maximum atomic E-state index is 13.9. The maximum Gasteiger partial charge on any atom is 0.433 e. The standard InChI is InChI=1S/C40H40ClF3N8O4/c1-22-25(7-6-10-28(22)46-35-33-24(19-45-50(2)37(33)53)18-31(48-35)40(42,43)44)26-8-5-9-27(34(26)41)29-17-23-11-12-30(32(23)36(47-29)56-4)51-14-13-39(20-51)21-52(15-16-55-3)38(54)49-39/h5-10,17-19,30H,11-16,20-21H2,1-4H3,(H,46,48)(H,49,54)/t30-,39+/m0/s1. The molecule has 56 heavy (non-hydrogen) atoms. The Hall–Kier alpha value is -5.25. The highest BCUT2D eigenvalue weighted by Crippen LogP contribution is 2.47. The van der Waals surface area contributed by atoms with Crippen LogP contribution in [0.1, 0.15) is 41.3 Å². The molecule has 0 radical (unpaired) electrons. The molecule has 0 saturated carbocycles. The lowest BCUT2D eigenvalue weighted by molar-refractivity contribution is -0.141. The summed E-state index contributed by atoms with van der Waals surface area (Å²) in [6.07, 6.45) is -0.970. The summed E-state index contributed by atoms with van der Waals surface area (Å²) in [5.74, 6) is 0.302. The number of rotatable bonds is 9. The molecule has 8 rings (SSSR count). The van der Waals surface area contributed by atoms with Crippen LogP contribution in [0.25, 0.3) is 33.2 Å². The van der Waals surface area contributed by atoms with Crippen LogP contribution in [0.5, 0.6) is 5.88 Å². The van der Waals surface area contributed by atoms with Gasteiger partial charge in [-0.25, -0.2) is 19.4 Å². The van der Waals surface area contributed by atoms with Gasteiger partial charge in [0.1, 0.15) is 11.5 Å². The van der Waals surface area contributed by atoms with Gasteiger partial charge in [0.2, 0.25) is 5.88 Å². The minimum atomic E-state index is -4.75. The Kier molecular flexibility index (Phi) is 9.66. The molecule has 1 spiro atoms. The van der Waals surface area contributed by atoms with Crippen molar-refractivity contribution in [2.75, 3.05) is 52.3 Å². The molecule has 2 aliphatic heterocycles. The van der Waals surface area contributed by atoms with Gasteiger partial charge in [-0.3, -0.25) is 9.69 Å². The van der Waals surface area contributed by atoms with E-state index in [1.807, 2.05) is 36.1 Å². The molecule has 16 heteroatoms. The van der Waals surface area contributed by atoms with Gasteiger partial charge in [-0.15, -0.1) is 0 Å². The van der Waals surface area contributed by atoms with Gasteiger partial charge >= 0.3 is 12.2 Å². The number of nitrogens with one attached hydrogen (secondary N) is 2. The molecule has 1 aliphatic carbocycles. The number of ether oxygens (including phenoxy) is 2. The molecule has 2 N–H and O–H groups in total. The van der Waals surface area contributed by atoms with Gasteiger partial charge < -0.3 is 25.0 Å². The van der Waals surface area contributed by atoms with Crippen molar-refractivity contribution in [1.82, 2.24) is 34.9 Å². The number of methoxy groups -OCH3 is 2. The van der Waals surface area contributed by atoms with Gasteiger partial charge in [0, 0.05) is 74.1 Å². The number of aromatic nitrogens is 4. The predicted octanol–water partition coefficient (Wildman–Crippen LogP) is 6.89. The van der Waals surface area contributed by atoms with Gasteiger partial charge in [-0.1, -0.05) is 41.9 Å². The average Bonchev–Trinajstić information content (AvgIpc) is 3.88. The fourth-order valence-corrected chi connectivity index (χ4v) is 8.75. The van der Waals surface area contributed by atoms with Gasteiger partial charge in [-0.05, 0) is 61.1 Å². The second-order valence-electron chi connectivity index (χ2n) is 14.7. The molecular formula is C40H40ClF3N8O4. The normalized spacial score (nSPS) is 19.6. The number of likely N-dealkylation sites (tertiary alicyclic amines) is 1. The summed E-state index contributed by atoms with van der Waals surface area (Å²) < 4.78 is 53.8. The van der Waals surface area contributed by atoms with E-state index in [2.05, 4.69) is 31.7 Å². The summed E-state index contributed by atoms with van der Waals surface area (Å²) in [5.41, 5.74) is 4.02. The van der Waals surface area contributed by atoms with Crippen LogP contribution in [-0.2, 0) is 24.4 Å². The van der Waals surface area contributed by atoms with Crippen molar-refractivity contribution in [2.24, 2.45) is 7.05 Å². The summed E-state index contributed by atoms with van der Waals surface area (Å²) >= 11 is 7.21. The molecule has 12 nitrogen and oxygen atoms in total. The van der Waals surface area contributed by atoms with E-state index in [0.717, 1.165) is 59.8 Å². The SMILES string of the molecule is COCCN1C[C@]2(CCN([C@H]3CCc4cc(-c5cccc(-c6cccc(Nc7nc(C(F)(F)F)cc8cnn(C)c(=O)c78)c6C)c5Cl)nc(OC)c43)C2)NC1=O. The van der Waals surface area contributed by atoms with Crippen LogP contribution in [0.3, 0.4) is 0 Å². The van der Waals surface area contributed by atoms with E-state index in [9.17, 15) is 22.8 Å². The van der Waals surface area contributed by atoms with Crippen LogP contribution in [0.4, 0.5) is 29.5 Å². The first-order valence-corrected chi connectivity index (χ1v) is 18.7. The lowest BCUT2D eigenvalue weighted by Crippen LogP contribution is -2.46. The lowest BCUT2D eigenvalue weighted by Gasteiger charge is -2.28. The van der Waals surface area contributed by atoms with E-state index in [0.29, 0.717) is 58.7 Å². The van der Waals surface area contributed by atoms with Crippen molar-refractivity contribution in [3.05, 3.63) is 92.5 Å². The molecule has 2 fully saturated rings. The van der Waals surface area contributed by atoms with Crippen LogP contribution < -0.4 is 20.9 Å². The second-order valence-corrected chi connectivity index (χ2v) is 15.0. The van der Waals surface area contributed by atoms with Crippen molar-refractivity contribution in [2.45, 2.75) is 43.9 Å². The Balaban J connectivity index is 1.10. The number of fused-ring (bicyclic) bond motifs is 2. The minimum Gasteiger partial charge on any atom is -0.481 e. The number of hydrogen-bond donors (Lipinski definition) is 2. The molecule has 3 aromatic heterocycles. The fraction of sp³-hybridized carbons (Fsp3) is 0.375. The van der Waals surface area contributed by atoms with Gasteiger partial charge in [0.05, 0.1) is 41.6 Å². The largest absolute Gasteiger partial charge is 0.481 e. The molecule has 2 atom stereocenters. The van der Waals surface area contributed by atoms with Crippen molar-refractivity contribution in [3.8, 4) is 28.3 Å². The Morgan fingerprint density at radius 1 is 1.05 bits per heavy atom. The monoisotopic (exact) mass is 788 g/mol.